The molecule has 0 aliphatic heterocycles. The zero-order chi connectivity index (χ0) is 24.8. The first-order valence-electron chi connectivity index (χ1n) is 11.3. The lowest BCUT2D eigenvalue weighted by Crippen LogP contribution is -2.27. The van der Waals surface area contributed by atoms with E-state index in [1.54, 1.807) is 18.2 Å². The highest BCUT2D eigenvalue weighted by molar-refractivity contribution is 6.30. The second kappa shape index (κ2) is 11.1. The van der Waals surface area contributed by atoms with Gasteiger partial charge in [-0.25, -0.2) is 4.98 Å². The lowest BCUT2D eigenvalue weighted by atomic mass is 9.81. The number of amides is 1. The molecule has 35 heavy (non-hydrogen) atoms. The third-order valence-electron chi connectivity index (χ3n) is 5.92. The van der Waals surface area contributed by atoms with Gasteiger partial charge in [-0.3, -0.25) is 9.59 Å². The van der Waals surface area contributed by atoms with Crippen LogP contribution in [0.1, 0.15) is 31.2 Å². The highest BCUT2D eigenvalue weighted by atomic mass is 35.5. The van der Waals surface area contributed by atoms with Gasteiger partial charge in [0.15, 0.2) is 0 Å². The van der Waals surface area contributed by atoms with Gasteiger partial charge < -0.3 is 20.0 Å². The van der Waals surface area contributed by atoms with Crippen LogP contribution in [0.15, 0.2) is 88.4 Å². The molecule has 1 atom stereocenters. The number of aromatic nitrogens is 1. The van der Waals surface area contributed by atoms with Crippen molar-refractivity contribution in [1.29, 1.82) is 0 Å². The Bertz CT molecular complexity index is 1260. The number of halogens is 1. The number of carboxylic acid groups (broad SMARTS) is 1. The molecule has 1 unspecified atom stereocenters. The summed E-state index contributed by atoms with van der Waals surface area (Å²) in [6, 6.07) is 14.8. The molecule has 7 nitrogen and oxygen atoms in total. The zero-order valence-electron chi connectivity index (χ0n) is 18.9. The van der Waals surface area contributed by atoms with Crippen molar-refractivity contribution in [3.63, 3.8) is 0 Å². The van der Waals surface area contributed by atoms with Crippen LogP contribution in [0.3, 0.4) is 0 Å². The fourth-order valence-corrected chi connectivity index (χ4v) is 4.32. The number of nitrogens with two attached hydrogens (primary N) is 1. The van der Waals surface area contributed by atoms with E-state index in [4.69, 9.17) is 26.5 Å². The largest absolute Gasteiger partial charge is 0.481 e. The van der Waals surface area contributed by atoms with Gasteiger partial charge in [-0.05, 0) is 67.0 Å². The Balaban J connectivity index is 1.69. The number of benzene rings is 2. The number of para-hydroxylation sites is 1. The minimum atomic E-state index is -0.934. The molecule has 0 bridgehead atoms. The van der Waals surface area contributed by atoms with Crippen molar-refractivity contribution in [1.82, 2.24) is 4.98 Å². The smallest absolute Gasteiger partial charge is 0.303 e. The van der Waals surface area contributed by atoms with E-state index in [0.29, 0.717) is 52.0 Å². The molecule has 0 fully saturated rings. The van der Waals surface area contributed by atoms with Crippen LogP contribution in [-0.4, -0.2) is 22.0 Å². The van der Waals surface area contributed by atoms with Crippen molar-refractivity contribution in [3.8, 4) is 17.2 Å². The van der Waals surface area contributed by atoms with E-state index in [9.17, 15) is 14.7 Å². The van der Waals surface area contributed by atoms with E-state index in [1.807, 2.05) is 36.4 Å². The number of aliphatic carboxylic acids is 1. The van der Waals surface area contributed by atoms with Gasteiger partial charge in [-0.2, -0.15) is 0 Å². The van der Waals surface area contributed by atoms with Crippen LogP contribution < -0.4 is 10.5 Å². The number of hydrogen-bond donors (Lipinski definition) is 2. The summed E-state index contributed by atoms with van der Waals surface area (Å²) < 4.78 is 11.8. The van der Waals surface area contributed by atoms with Gasteiger partial charge in [0.1, 0.15) is 17.8 Å². The SMILES string of the molecule is NC(=O)C1=C(Oc2ccccc2-c2ncco2)C(CCC(=O)O)=CCC1CCc1ccc(Cl)cc1. The second-order valence-corrected chi connectivity index (χ2v) is 8.70. The van der Waals surface area contributed by atoms with Crippen molar-refractivity contribution < 1.29 is 23.8 Å². The van der Waals surface area contributed by atoms with Gasteiger partial charge >= 0.3 is 5.97 Å². The molecule has 4 rings (SSSR count). The number of nitrogens with zero attached hydrogens (tertiary/aromatic N) is 1. The summed E-state index contributed by atoms with van der Waals surface area (Å²) in [5.74, 6) is -0.589. The molecule has 0 spiro atoms. The molecule has 0 saturated heterocycles. The second-order valence-electron chi connectivity index (χ2n) is 8.26. The van der Waals surface area contributed by atoms with Crippen molar-refractivity contribution >= 4 is 23.5 Å². The van der Waals surface area contributed by atoms with E-state index in [1.165, 1.54) is 12.5 Å². The van der Waals surface area contributed by atoms with E-state index >= 15 is 0 Å². The maximum Gasteiger partial charge on any atom is 0.303 e. The predicted octanol–water partition coefficient (Wildman–Crippen LogP) is 5.56. The molecule has 2 aromatic carbocycles. The third-order valence-corrected chi connectivity index (χ3v) is 6.18. The monoisotopic (exact) mass is 492 g/mol. The van der Waals surface area contributed by atoms with Crippen molar-refractivity contribution in [2.24, 2.45) is 11.7 Å². The number of oxazole rings is 1. The minimum absolute atomic E-state index is 0.0957. The Morgan fingerprint density at radius 3 is 2.60 bits per heavy atom. The van der Waals surface area contributed by atoms with E-state index in [-0.39, 0.29) is 18.8 Å². The molecule has 3 N–H and O–H groups in total. The Morgan fingerprint density at radius 2 is 1.91 bits per heavy atom. The first-order valence-corrected chi connectivity index (χ1v) is 11.7. The highest BCUT2D eigenvalue weighted by Gasteiger charge is 2.30. The topological polar surface area (TPSA) is 116 Å². The summed E-state index contributed by atoms with van der Waals surface area (Å²) in [5, 5.41) is 9.90. The molecule has 1 heterocycles. The Morgan fingerprint density at radius 1 is 1.14 bits per heavy atom. The Labute approximate surface area is 207 Å². The van der Waals surface area contributed by atoms with E-state index < -0.39 is 11.9 Å². The van der Waals surface area contributed by atoms with Crippen molar-refractivity contribution in [2.75, 3.05) is 0 Å². The predicted molar refractivity (Wildman–Crippen MR) is 132 cm³/mol. The first kappa shape index (κ1) is 24.3. The molecular formula is C27H25ClN2O5. The van der Waals surface area contributed by atoms with Crippen LogP contribution in [0.4, 0.5) is 0 Å². The summed E-state index contributed by atoms with van der Waals surface area (Å²) >= 11 is 5.99. The number of primary amides is 1. The first-order chi connectivity index (χ1) is 16.9. The molecule has 0 saturated carbocycles. The summed E-state index contributed by atoms with van der Waals surface area (Å²) in [6.07, 6.45) is 7.01. The standard InChI is InChI=1S/C27H25ClN2O5/c28-20-12-6-17(7-13-20)5-8-18-9-10-19(11-14-23(31)32)25(24(18)26(29)33)35-22-4-2-1-3-21(22)27-30-15-16-34-27/h1-4,6-7,10,12-13,15-16,18H,5,8-9,11,14H2,(H2,29,33)(H,31,32). The highest BCUT2D eigenvalue weighted by Crippen LogP contribution is 2.38. The number of hydrogen-bond acceptors (Lipinski definition) is 5. The average Bonchev–Trinajstić information content (AvgIpc) is 3.38. The van der Waals surface area contributed by atoms with Crippen LogP contribution in [0.25, 0.3) is 11.5 Å². The molecular weight excluding hydrogens is 468 g/mol. The number of carboxylic acids is 1. The normalized spacial score (nSPS) is 15.6. The van der Waals surface area contributed by atoms with Gasteiger partial charge in [-0.15, -0.1) is 0 Å². The average molecular weight is 493 g/mol. The van der Waals surface area contributed by atoms with Crippen LogP contribution >= 0.6 is 11.6 Å². The molecule has 1 aliphatic carbocycles. The van der Waals surface area contributed by atoms with E-state index in [2.05, 4.69) is 4.98 Å². The molecule has 1 amide bonds. The Hall–Kier alpha value is -3.84. The van der Waals surface area contributed by atoms with Gasteiger partial charge in [0.25, 0.3) is 0 Å². The summed E-state index contributed by atoms with van der Waals surface area (Å²) in [6.45, 7) is 0. The quantitative estimate of drug-likeness (QED) is 0.383. The number of allylic oxidation sites excluding steroid dienone is 2. The maximum atomic E-state index is 12.7. The molecule has 180 valence electrons. The maximum absolute atomic E-state index is 12.7. The number of carbonyl (C=O) groups excluding carboxylic acids is 1. The molecule has 1 aliphatic rings. The minimum Gasteiger partial charge on any atom is -0.481 e. The molecule has 8 heteroatoms. The summed E-state index contributed by atoms with van der Waals surface area (Å²) in [7, 11) is 0. The summed E-state index contributed by atoms with van der Waals surface area (Å²) in [5.41, 5.74) is 8.58. The van der Waals surface area contributed by atoms with Gasteiger partial charge in [-0.1, -0.05) is 41.9 Å². The van der Waals surface area contributed by atoms with Crippen LogP contribution in [0.2, 0.25) is 5.02 Å². The third kappa shape index (κ3) is 6.00. The van der Waals surface area contributed by atoms with Crippen LogP contribution in [-0.2, 0) is 16.0 Å². The lowest BCUT2D eigenvalue weighted by Gasteiger charge is -2.27. The fourth-order valence-electron chi connectivity index (χ4n) is 4.20. The fraction of sp³-hybridized carbons (Fsp3) is 0.222. The summed E-state index contributed by atoms with van der Waals surface area (Å²) in [4.78, 5) is 28.2. The van der Waals surface area contributed by atoms with Gasteiger partial charge in [0, 0.05) is 11.4 Å². The molecule has 0 radical (unpaired) electrons. The van der Waals surface area contributed by atoms with Crippen LogP contribution in [0.5, 0.6) is 5.75 Å². The van der Waals surface area contributed by atoms with Gasteiger partial charge in [0.05, 0.1) is 17.3 Å². The van der Waals surface area contributed by atoms with Crippen molar-refractivity contribution in [2.45, 2.75) is 32.1 Å². The molecule has 3 aromatic rings. The lowest BCUT2D eigenvalue weighted by molar-refractivity contribution is -0.136. The Kier molecular flexibility index (Phi) is 7.67. The number of rotatable bonds is 10. The van der Waals surface area contributed by atoms with Crippen LogP contribution in [0, 0.1) is 5.92 Å². The number of carbonyl (C=O) groups is 2. The zero-order valence-corrected chi connectivity index (χ0v) is 19.7. The number of ether oxygens (including phenoxy) is 1. The number of aryl methyl sites for hydroxylation is 1. The van der Waals surface area contributed by atoms with E-state index in [0.717, 1.165) is 12.0 Å². The van der Waals surface area contributed by atoms with Gasteiger partial charge in [0.2, 0.25) is 11.8 Å². The van der Waals surface area contributed by atoms with Crippen molar-refractivity contribution in [3.05, 3.63) is 94.6 Å². The molecule has 1 aromatic heterocycles.